The first kappa shape index (κ1) is 17.3. The van der Waals surface area contributed by atoms with Crippen molar-refractivity contribution in [2.24, 2.45) is 0 Å². The Morgan fingerprint density at radius 2 is 1.84 bits per heavy atom. The van der Waals surface area contributed by atoms with Crippen LogP contribution in [-0.2, 0) is 0 Å². The first-order valence-corrected chi connectivity index (χ1v) is 8.36. The van der Waals surface area contributed by atoms with E-state index in [-0.39, 0.29) is 21.4 Å². The predicted octanol–water partition coefficient (Wildman–Crippen LogP) is 4.67. The normalized spacial score (nSPS) is 10.5. The number of nitrogens with one attached hydrogen (secondary N) is 1. The molecule has 0 saturated carbocycles. The minimum Gasteiger partial charge on any atom is -0.296 e. The van der Waals surface area contributed by atoms with E-state index < -0.39 is 10.8 Å². The van der Waals surface area contributed by atoms with E-state index >= 15 is 0 Å². The average molecular weight is 395 g/mol. The molecular weight excluding hydrogens is 387 g/mol. The lowest BCUT2D eigenvalue weighted by atomic mass is 10.2. The van der Waals surface area contributed by atoms with Crippen LogP contribution >= 0.6 is 34.5 Å². The molecular formula is C15H8Cl2N4O3S. The number of amides is 1. The second-order valence-electron chi connectivity index (χ2n) is 4.79. The third-order valence-corrected chi connectivity index (χ3v) is 4.61. The number of carbonyl (C=O) groups excluding carboxylic acids is 1. The number of halogens is 2. The molecule has 0 bridgehead atoms. The highest BCUT2D eigenvalue weighted by Gasteiger charge is 2.17. The summed E-state index contributed by atoms with van der Waals surface area (Å²) in [6.45, 7) is 0. The SMILES string of the molecule is O=C(Nc1nnc(-c2ccc(Cl)cc2)s1)c1cc([N+](=O)[O-])ccc1Cl. The fourth-order valence-corrected chi connectivity index (χ4v) is 3.02. The summed E-state index contributed by atoms with van der Waals surface area (Å²) in [5, 5.41) is 22.8. The molecule has 0 aliphatic heterocycles. The van der Waals surface area contributed by atoms with E-state index in [0.29, 0.717) is 10.0 Å². The van der Waals surface area contributed by atoms with Gasteiger partial charge in [0.25, 0.3) is 11.6 Å². The van der Waals surface area contributed by atoms with Crippen LogP contribution in [0.2, 0.25) is 10.0 Å². The second kappa shape index (κ2) is 7.14. The molecule has 3 rings (SSSR count). The van der Waals surface area contributed by atoms with Crippen LogP contribution in [0.3, 0.4) is 0 Å². The maximum absolute atomic E-state index is 12.3. The standard InChI is InChI=1S/C15H8Cl2N4O3S/c16-9-3-1-8(2-4-9)14-19-20-15(25-14)18-13(22)11-7-10(21(23)24)5-6-12(11)17/h1-7H,(H,18,20,22). The van der Waals surface area contributed by atoms with Crippen molar-refractivity contribution in [2.75, 3.05) is 5.32 Å². The monoisotopic (exact) mass is 394 g/mol. The minimum absolute atomic E-state index is 0.0147. The van der Waals surface area contributed by atoms with Crippen molar-refractivity contribution in [3.63, 3.8) is 0 Å². The van der Waals surface area contributed by atoms with Gasteiger partial charge in [-0.1, -0.05) is 46.7 Å². The van der Waals surface area contributed by atoms with Crippen LogP contribution < -0.4 is 5.32 Å². The maximum atomic E-state index is 12.3. The van der Waals surface area contributed by atoms with Gasteiger partial charge in [-0.15, -0.1) is 10.2 Å². The number of anilines is 1. The number of rotatable bonds is 4. The van der Waals surface area contributed by atoms with Gasteiger partial charge in [0, 0.05) is 22.7 Å². The highest BCUT2D eigenvalue weighted by molar-refractivity contribution is 7.18. The summed E-state index contributed by atoms with van der Waals surface area (Å²) in [4.78, 5) is 22.5. The predicted molar refractivity (Wildman–Crippen MR) is 96.4 cm³/mol. The van der Waals surface area contributed by atoms with Gasteiger partial charge in [-0.25, -0.2) is 0 Å². The van der Waals surface area contributed by atoms with Crippen LogP contribution in [0.1, 0.15) is 10.4 Å². The molecule has 0 aliphatic carbocycles. The Kier molecular flexibility index (Phi) is 4.93. The van der Waals surface area contributed by atoms with Crippen LogP contribution in [0.15, 0.2) is 42.5 Å². The molecule has 0 spiro atoms. The molecule has 1 amide bonds. The van der Waals surface area contributed by atoms with E-state index in [0.717, 1.165) is 23.0 Å². The van der Waals surface area contributed by atoms with E-state index in [1.54, 1.807) is 24.3 Å². The van der Waals surface area contributed by atoms with Gasteiger partial charge in [-0.2, -0.15) is 0 Å². The van der Waals surface area contributed by atoms with Crippen molar-refractivity contribution in [3.05, 3.63) is 68.2 Å². The molecule has 10 heteroatoms. The fraction of sp³-hybridized carbons (Fsp3) is 0. The number of nitro benzene ring substituents is 1. The summed E-state index contributed by atoms with van der Waals surface area (Å²) in [5.41, 5.74) is 0.559. The molecule has 1 heterocycles. The Bertz CT molecular complexity index is 960. The molecule has 0 radical (unpaired) electrons. The Balaban J connectivity index is 1.81. The molecule has 3 aromatic rings. The summed E-state index contributed by atoms with van der Waals surface area (Å²) in [6, 6.07) is 10.6. The summed E-state index contributed by atoms with van der Waals surface area (Å²) in [5.74, 6) is -0.604. The fourth-order valence-electron chi connectivity index (χ4n) is 1.95. The number of non-ortho nitro benzene ring substituents is 1. The molecule has 0 atom stereocenters. The quantitative estimate of drug-likeness (QED) is 0.511. The number of benzene rings is 2. The van der Waals surface area contributed by atoms with Crippen LogP contribution in [0.25, 0.3) is 10.6 Å². The Morgan fingerprint density at radius 3 is 2.52 bits per heavy atom. The Morgan fingerprint density at radius 1 is 1.12 bits per heavy atom. The Hall–Kier alpha value is -2.55. The van der Waals surface area contributed by atoms with Crippen molar-refractivity contribution in [1.82, 2.24) is 10.2 Å². The van der Waals surface area contributed by atoms with Crippen molar-refractivity contribution in [3.8, 4) is 10.6 Å². The molecule has 7 nitrogen and oxygen atoms in total. The highest BCUT2D eigenvalue weighted by atomic mass is 35.5. The summed E-state index contributed by atoms with van der Waals surface area (Å²) in [7, 11) is 0. The van der Waals surface area contributed by atoms with Crippen molar-refractivity contribution in [2.45, 2.75) is 0 Å². The smallest absolute Gasteiger partial charge is 0.270 e. The largest absolute Gasteiger partial charge is 0.296 e. The zero-order valence-corrected chi connectivity index (χ0v) is 14.6. The van der Waals surface area contributed by atoms with Crippen LogP contribution in [0.5, 0.6) is 0 Å². The van der Waals surface area contributed by atoms with Crippen molar-refractivity contribution >= 4 is 51.3 Å². The molecule has 126 valence electrons. The van der Waals surface area contributed by atoms with Gasteiger partial charge in [0.15, 0.2) is 0 Å². The van der Waals surface area contributed by atoms with Crippen LogP contribution in [0, 0.1) is 10.1 Å². The van der Waals surface area contributed by atoms with Gasteiger partial charge in [0.1, 0.15) is 5.01 Å². The van der Waals surface area contributed by atoms with Gasteiger partial charge >= 0.3 is 0 Å². The molecule has 0 aliphatic rings. The first-order chi connectivity index (χ1) is 11.9. The Labute approximate surface area is 155 Å². The van der Waals surface area contributed by atoms with E-state index in [9.17, 15) is 14.9 Å². The molecule has 0 saturated heterocycles. The third-order valence-electron chi connectivity index (χ3n) is 3.14. The van der Waals surface area contributed by atoms with E-state index in [2.05, 4.69) is 15.5 Å². The van der Waals surface area contributed by atoms with Crippen molar-refractivity contribution < 1.29 is 9.72 Å². The summed E-state index contributed by atoms with van der Waals surface area (Å²) >= 11 is 12.9. The maximum Gasteiger partial charge on any atom is 0.270 e. The average Bonchev–Trinajstić information content (AvgIpc) is 3.04. The molecule has 0 fully saturated rings. The van der Waals surface area contributed by atoms with Gasteiger partial charge in [0.05, 0.1) is 15.5 Å². The lowest BCUT2D eigenvalue weighted by Crippen LogP contribution is -2.12. The number of hydrogen-bond acceptors (Lipinski definition) is 6. The molecule has 25 heavy (non-hydrogen) atoms. The van der Waals surface area contributed by atoms with E-state index in [1.807, 2.05) is 0 Å². The van der Waals surface area contributed by atoms with Gasteiger partial charge in [0.2, 0.25) is 5.13 Å². The highest BCUT2D eigenvalue weighted by Crippen LogP contribution is 2.28. The lowest BCUT2D eigenvalue weighted by Gasteiger charge is -2.03. The molecule has 2 aromatic carbocycles. The second-order valence-corrected chi connectivity index (χ2v) is 6.62. The summed E-state index contributed by atoms with van der Waals surface area (Å²) in [6.07, 6.45) is 0. The topological polar surface area (TPSA) is 98.0 Å². The number of hydrogen-bond donors (Lipinski definition) is 1. The van der Waals surface area contributed by atoms with Crippen LogP contribution in [-0.4, -0.2) is 21.0 Å². The number of nitro groups is 1. The minimum atomic E-state index is -0.604. The summed E-state index contributed by atoms with van der Waals surface area (Å²) < 4.78 is 0. The number of nitrogens with zero attached hydrogens (tertiary/aromatic N) is 3. The van der Waals surface area contributed by atoms with Gasteiger partial charge in [-0.05, 0) is 18.2 Å². The van der Waals surface area contributed by atoms with E-state index in [4.69, 9.17) is 23.2 Å². The molecule has 0 unspecified atom stereocenters. The number of carbonyl (C=O) groups is 1. The third kappa shape index (κ3) is 3.93. The lowest BCUT2D eigenvalue weighted by molar-refractivity contribution is -0.384. The van der Waals surface area contributed by atoms with E-state index in [1.165, 1.54) is 12.1 Å². The van der Waals surface area contributed by atoms with Gasteiger partial charge < -0.3 is 0 Å². The van der Waals surface area contributed by atoms with Crippen molar-refractivity contribution in [1.29, 1.82) is 0 Å². The molecule has 1 N–H and O–H groups in total. The first-order valence-electron chi connectivity index (χ1n) is 6.79. The van der Waals surface area contributed by atoms with Gasteiger partial charge in [-0.3, -0.25) is 20.2 Å². The van der Waals surface area contributed by atoms with Crippen LogP contribution in [0.4, 0.5) is 10.8 Å². The zero-order valence-electron chi connectivity index (χ0n) is 12.3. The zero-order chi connectivity index (χ0) is 18.0. The molecule has 1 aromatic heterocycles. The number of aromatic nitrogens is 2.